The number of rotatable bonds is 6. The summed E-state index contributed by atoms with van der Waals surface area (Å²) < 4.78 is 7.64. The fraction of sp³-hybridized carbons (Fsp3) is 0.423. The summed E-state index contributed by atoms with van der Waals surface area (Å²) in [5.41, 5.74) is 7.45. The van der Waals surface area contributed by atoms with Crippen LogP contribution in [0.15, 0.2) is 36.4 Å². The van der Waals surface area contributed by atoms with Gasteiger partial charge in [-0.2, -0.15) is 5.10 Å². The first-order valence-electron chi connectivity index (χ1n) is 11.9. The number of ether oxygens (including phenoxy) is 1. The molecule has 0 bridgehead atoms. The van der Waals surface area contributed by atoms with E-state index in [1.807, 2.05) is 6.07 Å². The van der Waals surface area contributed by atoms with Gasteiger partial charge in [-0.3, -0.25) is 0 Å². The molecular weight excluding hydrogens is 430 g/mol. The Bertz CT molecular complexity index is 1250. The summed E-state index contributed by atoms with van der Waals surface area (Å²) in [6, 6.07) is 12.7. The normalized spacial score (nSPS) is 14.5. The topological polar surface area (TPSA) is 55.5 Å². The molecule has 0 spiro atoms. The van der Waals surface area contributed by atoms with Crippen LogP contribution in [0.1, 0.15) is 49.6 Å². The highest BCUT2D eigenvalue weighted by atomic mass is 32.1. The Morgan fingerprint density at radius 2 is 1.76 bits per heavy atom. The summed E-state index contributed by atoms with van der Waals surface area (Å²) in [5, 5.41) is 5.98. The fourth-order valence-corrected chi connectivity index (χ4v) is 5.94. The molecule has 5 rings (SSSR count). The van der Waals surface area contributed by atoms with Crippen molar-refractivity contribution in [2.24, 2.45) is 0 Å². The Morgan fingerprint density at radius 3 is 2.45 bits per heavy atom. The van der Waals surface area contributed by atoms with E-state index in [1.165, 1.54) is 5.56 Å². The van der Waals surface area contributed by atoms with E-state index in [0.29, 0.717) is 5.92 Å². The zero-order valence-corrected chi connectivity index (χ0v) is 20.7. The number of aromatic nitrogens is 4. The van der Waals surface area contributed by atoms with Gasteiger partial charge in [0.25, 0.3) is 0 Å². The van der Waals surface area contributed by atoms with Crippen LogP contribution in [0.3, 0.4) is 0 Å². The minimum atomic E-state index is 0.475. The smallest absolute Gasteiger partial charge is 0.186 e. The van der Waals surface area contributed by atoms with Crippen molar-refractivity contribution >= 4 is 22.1 Å². The zero-order chi connectivity index (χ0) is 22.9. The van der Waals surface area contributed by atoms with Crippen LogP contribution in [0.4, 0.5) is 5.13 Å². The van der Waals surface area contributed by atoms with Gasteiger partial charge in [0.2, 0.25) is 0 Å². The third-order valence-electron chi connectivity index (χ3n) is 6.49. The monoisotopic (exact) mass is 461 g/mol. The first-order chi connectivity index (χ1) is 16.1. The molecule has 1 aliphatic rings. The fourth-order valence-electron chi connectivity index (χ4n) is 4.72. The number of anilines is 1. The molecule has 0 saturated carbocycles. The molecule has 1 aliphatic heterocycles. The number of fused-ring (bicyclic) bond motifs is 1. The van der Waals surface area contributed by atoms with Crippen molar-refractivity contribution in [2.45, 2.75) is 46.5 Å². The molecule has 4 heterocycles. The molecule has 0 atom stereocenters. The minimum Gasteiger partial charge on any atom is -0.378 e. The van der Waals surface area contributed by atoms with Crippen molar-refractivity contribution < 1.29 is 4.74 Å². The number of benzene rings is 1. The third-order valence-corrected chi connectivity index (χ3v) is 7.62. The maximum absolute atomic E-state index is 5.57. The molecule has 172 valence electrons. The number of nitrogens with zero attached hydrogens (tertiary/aromatic N) is 5. The Morgan fingerprint density at radius 1 is 1.03 bits per heavy atom. The number of morpholine rings is 1. The SMILES string of the molecule is CCC(CC)c1cc(C)nn2c(-c3sc(N4CCOCC4)nc3-c3ccccc3)c(C)nc12. The summed E-state index contributed by atoms with van der Waals surface area (Å²) in [7, 11) is 0. The predicted octanol–water partition coefficient (Wildman–Crippen LogP) is 5.88. The summed E-state index contributed by atoms with van der Waals surface area (Å²) in [6.07, 6.45) is 2.18. The van der Waals surface area contributed by atoms with Gasteiger partial charge < -0.3 is 9.64 Å². The maximum atomic E-state index is 5.57. The van der Waals surface area contributed by atoms with Crippen LogP contribution in [0, 0.1) is 13.8 Å². The van der Waals surface area contributed by atoms with Crippen LogP contribution in [0.5, 0.6) is 0 Å². The van der Waals surface area contributed by atoms with Gasteiger partial charge >= 0.3 is 0 Å². The second kappa shape index (κ2) is 9.23. The molecule has 1 aromatic carbocycles. The number of hydrogen-bond donors (Lipinski definition) is 0. The quantitative estimate of drug-likeness (QED) is 0.359. The van der Waals surface area contributed by atoms with Crippen molar-refractivity contribution in [3.8, 4) is 21.8 Å². The molecule has 1 saturated heterocycles. The Hall–Kier alpha value is -2.77. The van der Waals surface area contributed by atoms with E-state index in [-0.39, 0.29) is 0 Å². The summed E-state index contributed by atoms with van der Waals surface area (Å²) in [6.45, 7) is 11.9. The lowest BCUT2D eigenvalue weighted by Crippen LogP contribution is -2.36. The van der Waals surface area contributed by atoms with Crippen molar-refractivity contribution in [3.63, 3.8) is 0 Å². The highest BCUT2D eigenvalue weighted by molar-refractivity contribution is 7.19. The van der Waals surface area contributed by atoms with Crippen LogP contribution >= 0.6 is 11.3 Å². The van der Waals surface area contributed by atoms with Gasteiger partial charge in [-0.1, -0.05) is 55.5 Å². The molecule has 0 N–H and O–H groups in total. The summed E-state index contributed by atoms with van der Waals surface area (Å²) >= 11 is 1.74. The molecule has 0 radical (unpaired) electrons. The third kappa shape index (κ3) is 4.04. The average molecular weight is 462 g/mol. The summed E-state index contributed by atoms with van der Waals surface area (Å²) in [4.78, 5) is 13.6. The first kappa shape index (κ1) is 22.0. The first-order valence-corrected chi connectivity index (χ1v) is 12.7. The Labute approximate surface area is 199 Å². The van der Waals surface area contributed by atoms with Crippen molar-refractivity contribution in [1.29, 1.82) is 0 Å². The highest BCUT2D eigenvalue weighted by Crippen LogP contribution is 2.42. The van der Waals surface area contributed by atoms with E-state index in [1.54, 1.807) is 11.3 Å². The van der Waals surface area contributed by atoms with E-state index < -0.39 is 0 Å². The lowest BCUT2D eigenvalue weighted by atomic mass is 9.95. The van der Waals surface area contributed by atoms with Crippen molar-refractivity contribution in [3.05, 3.63) is 53.3 Å². The molecule has 1 fully saturated rings. The Kier molecular flexibility index (Phi) is 6.17. The zero-order valence-electron chi connectivity index (χ0n) is 19.8. The van der Waals surface area contributed by atoms with Crippen LogP contribution in [0.2, 0.25) is 0 Å². The van der Waals surface area contributed by atoms with Gasteiger partial charge in [0.1, 0.15) is 5.69 Å². The van der Waals surface area contributed by atoms with Gasteiger partial charge in [-0.05, 0) is 38.7 Å². The highest BCUT2D eigenvalue weighted by Gasteiger charge is 2.26. The van der Waals surface area contributed by atoms with Gasteiger partial charge in [0, 0.05) is 24.2 Å². The van der Waals surface area contributed by atoms with E-state index in [4.69, 9.17) is 19.8 Å². The van der Waals surface area contributed by atoms with E-state index in [9.17, 15) is 0 Å². The van der Waals surface area contributed by atoms with Crippen LogP contribution in [0.25, 0.3) is 27.5 Å². The van der Waals surface area contributed by atoms with Crippen molar-refractivity contribution in [2.75, 3.05) is 31.2 Å². The summed E-state index contributed by atoms with van der Waals surface area (Å²) in [5.74, 6) is 0.475. The average Bonchev–Trinajstić information content (AvgIpc) is 3.41. The molecule has 7 heteroatoms. The number of aryl methyl sites for hydroxylation is 2. The second-order valence-corrected chi connectivity index (χ2v) is 9.65. The molecule has 3 aromatic heterocycles. The molecule has 4 aromatic rings. The molecular formula is C26H31N5OS. The van der Waals surface area contributed by atoms with E-state index in [0.717, 1.165) is 83.1 Å². The van der Waals surface area contributed by atoms with Crippen molar-refractivity contribution in [1.82, 2.24) is 19.6 Å². The van der Waals surface area contributed by atoms with Crippen LogP contribution in [-0.4, -0.2) is 45.9 Å². The number of hydrogen-bond acceptors (Lipinski definition) is 6. The standard InChI is InChI=1S/C26H31N5OS/c1-5-19(6-2)21-16-17(3)29-31-23(18(4)27-25(21)31)24-22(20-10-8-7-9-11-20)28-26(33-24)30-12-14-32-15-13-30/h7-11,16,19H,5-6,12-15H2,1-4H3. The molecule has 0 amide bonds. The molecule has 6 nitrogen and oxygen atoms in total. The van der Waals surface area contributed by atoms with E-state index in [2.05, 4.69) is 67.4 Å². The second-order valence-electron chi connectivity index (χ2n) is 8.68. The number of thiazole rings is 1. The van der Waals surface area contributed by atoms with Gasteiger partial charge in [-0.25, -0.2) is 14.5 Å². The van der Waals surface area contributed by atoms with Gasteiger partial charge in [-0.15, -0.1) is 0 Å². The number of imidazole rings is 1. The lowest BCUT2D eigenvalue weighted by Gasteiger charge is -2.26. The van der Waals surface area contributed by atoms with Crippen LogP contribution < -0.4 is 4.90 Å². The van der Waals surface area contributed by atoms with E-state index >= 15 is 0 Å². The molecule has 33 heavy (non-hydrogen) atoms. The Balaban J connectivity index is 1.74. The lowest BCUT2D eigenvalue weighted by molar-refractivity contribution is 0.122. The molecule has 0 unspecified atom stereocenters. The minimum absolute atomic E-state index is 0.475. The van der Waals surface area contributed by atoms with Crippen LogP contribution in [-0.2, 0) is 4.74 Å². The van der Waals surface area contributed by atoms with Gasteiger partial charge in [0.05, 0.1) is 35.2 Å². The predicted molar refractivity (Wildman–Crippen MR) is 135 cm³/mol. The largest absolute Gasteiger partial charge is 0.378 e. The molecule has 0 aliphatic carbocycles. The van der Waals surface area contributed by atoms with Gasteiger partial charge in [0.15, 0.2) is 10.8 Å². The maximum Gasteiger partial charge on any atom is 0.186 e.